The average molecular weight is 317 g/mol. The van der Waals surface area contributed by atoms with E-state index in [0.29, 0.717) is 32.8 Å². The van der Waals surface area contributed by atoms with Gasteiger partial charge in [0.05, 0.1) is 19.0 Å². The molecular weight excluding hydrogens is 294 g/mol. The number of carbonyl (C=O) groups excluding carboxylic acids is 1. The summed E-state index contributed by atoms with van der Waals surface area (Å²) in [6.07, 6.45) is 3.34. The molecule has 0 N–H and O–H groups in total. The molecule has 3 saturated heterocycles. The molecule has 0 radical (unpaired) electrons. The second-order valence-corrected chi connectivity index (χ2v) is 8.15. The average Bonchev–Trinajstić information content (AvgIpc) is 3.03. The first-order valence-corrected chi connectivity index (χ1v) is 9.40. The van der Waals surface area contributed by atoms with Crippen LogP contribution in [0.25, 0.3) is 0 Å². The van der Waals surface area contributed by atoms with Crippen LogP contribution in [0, 0.1) is 5.92 Å². The van der Waals surface area contributed by atoms with E-state index in [9.17, 15) is 13.2 Å². The van der Waals surface area contributed by atoms with Crippen LogP contribution in [0.2, 0.25) is 0 Å². The number of hydrogen-bond acceptors (Lipinski definition) is 4. The zero-order valence-electron chi connectivity index (χ0n) is 12.4. The van der Waals surface area contributed by atoms with Crippen LogP contribution >= 0.6 is 0 Å². The quantitative estimate of drug-likeness (QED) is 0.671. The van der Waals surface area contributed by atoms with E-state index in [1.54, 1.807) is 0 Å². The van der Waals surface area contributed by atoms with Crippen molar-refractivity contribution in [3.8, 4) is 0 Å². The van der Waals surface area contributed by atoms with E-state index < -0.39 is 10.0 Å². The van der Waals surface area contributed by atoms with Gasteiger partial charge in [-0.1, -0.05) is 0 Å². The molecule has 7 nitrogen and oxygen atoms in total. The van der Waals surface area contributed by atoms with Crippen LogP contribution in [0.15, 0.2) is 0 Å². The second-order valence-electron chi connectivity index (χ2n) is 6.17. The van der Waals surface area contributed by atoms with E-state index in [1.165, 1.54) is 10.6 Å². The molecule has 0 saturated carbocycles. The molecule has 0 aromatic rings. The summed E-state index contributed by atoms with van der Waals surface area (Å²) in [5, 5.41) is 0. The number of amides is 2. The molecule has 3 rings (SSSR count). The number of hydrogen-bond donors (Lipinski definition) is 0. The minimum absolute atomic E-state index is 0.0386. The lowest BCUT2D eigenvalue weighted by Gasteiger charge is -2.25. The molecule has 120 valence electrons. The zero-order chi connectivity index (χ0) is 15.0. The van der Waals surface area contributed by atoms with E-state index in [0.717, 1.165) is 25.9 Å². The lowest BCUT2D eigenvalue weighted by Crippen LogP contribution is -2.42. The highest BCUT2D eigenvalue weighted by Crippen LogP contribution is 2.26. The number of likely N-dealkylation sites (tertiary alicyclic amines) is 2. The largest absolute Gasteiger partial charge is 0.375 e. The molecule has 0 unspecified atom stereocenters. The molecule has 3 heterocycles. The summed E-state index contributed by atoms with van der Waals surface area (Å²) in [7, 11) is -3.20. The van der Waals surface area contributed by atoms with E-state index in [4.69, 9.17) is 4.74 Å². The smallest absolute Gasteiger partial charge is 0.320 e. The van der Waals surface area contributed by atoms with Gasteiger partial charge >= 0.3 is 6.03 Å². The van der Waals surface area contributed by atoms with Gasteiger partial charge in [-0.2, -0.15) is 4.31 Å². The van der Waals surface area contributed by atoms with Crippen molar-refractivity contribution in [2.24, 2.45) is 5.92 Å². The number of carbonyl (C=O) groups is 1. The fraction of sp³-hybridized carbons (Fsp3) is 0.923. The monoisotopic (exact) mass is 317 g/mol. The summed E-state index contributed by atoms with van der Waals surface area (Å²) >= 11 is 0. The van der Waals surface area contributed by atoms with Crippen LogP contribution in [-0.2, 0) is 14.8 Å². The van der Waals surface area contributed by atoms with Gasteiger partial charge in [0.15, 0.2) is 0 Å². The Morgan fingerprint density at radius 3 is 2.43 bits per heavy atom. The summed E-state index contributed by atoms with van der Waals surface area (Å²) < 4.78 is 30.7. The van der Waals surface area contributed by atoms with Crippen molar-refractivity contribution in [2.45, 2.75) is 18.9 Å². The first-order valence-electron chi connectivity index (χ1n) is 7.56. The number of urea groups is 1. The maximum atomic E-state index is 12.4. The Balaban J connectivity index is 1.66. The molecule has 2 atom stereocenters. The molecule has 3 fully saturated rings. The van der Waals surface area contributed by atoms with Crippen LogP contribution in [0.5, 0.6) is 0 Å². The van der Waals surface area contributed by atoms with E-state index >= 15 is 0 Å². The molecule has 8 heteroatoms. The SMILES string of the molecule is CS(=O)(=O)N1CCO[C@@H]2CN(C(=O)N3CCCC3)C[C@@H]2C1. The number of rotatable bonds is 1. The summed E-state index contributed by atoms with van der Waals surface area (Å²) in [5.74, 6) is 0.0776. The fourth-order valence-electron chi connectivity index (χ4n) is 3.43. The van der Waals surface area contributed by atoms with Crippen LogP contribution in [0.1, 0.15) is 12.8 Å². The Bertz CT molecular complexity index is 504. The molecule has 0 aromatic heterocycles. The number of ether oxygens (including phenoxy) is 1. The molecule has 0 aromatic carbocycles. The lowest BCUT2D eigenvalue weighted by atomic mass is 10.1. The summed E-state index contributed by atoms with van der Waals surface area (Å²) in [4.78, 5) is 16.1. The Morgan fingerprint density at radius 2 is 1.76 bits per heavy atom. The third-order valence-corrected chi connectivity index (χ3v) is 5.88. The predicted octanol–water partition coefficient (Wildman–Crippen LogP) is -0.206. The Labute approximate surface area is 125 Å². The van der Waals surface area contributed by atoms with Gasteiger partial charge in [0.2, 0.25) is 10.0 Å². The Morgan fingerprint density at radius 1 is 1.05 bits per heavy atom. The number of fused-ring (bicyclic) bond motifs is 1. The van der Waals surface area contributed by atoms with Gasteiger partial charge < -0.3 is 14.5 Å². The van der Waals surface area contributed by atoms with Crippen LogP contribution in [-0.4, -0.2) is 86.8 Å². The van der Waals surface area contributed by atoms with E-state index in [-0.39, 0.29) is 18.1 Å². The Kier molecular flexibility index (Phi) is 4.11. The third kappa shape index (κ3) is 3.17. The van der Waals surface area contributed by atoms with Crippen molar-refractivity contribution in [1.82, 2.24) is 14.1 Å². The van der Waals surface area contributed by atoms with Crippen LogP contribution in [0.3, 0.4) is 0 Å². The predicted molar refractivity (Wildman–Crippen MR) is 77.4 cm³/mol. The van der Waals surface area contributed by atoms with Crippen molar-refractivity contribution in [3.63, 3.8) is 0 Å². The summed E-state index contributed by atoms with van der Waals surface area (Å²) in [6, 6.07) is 0.0788. The van der Waals surface area contributed by atoms with Gasteiger partial charge in [-0.05, 0) is 12.8 Å². The standard InChI is InChI=1S/C13H23N3O4S/c1-21(18,19)16-6-7-20-12-10-15(8-11(12)9-16)13(17)14-4-2-3-5-14/h11-12H,2-10H2,1H3/t11-,12-/m1/s1. The molecule has 3 aliphatic rings. The minimum atomic E-state index is -3.20. The maximum absolute atomic E-state index is 12.4. The van der Waals surface area contributed by atoms with E-state index in [1.807, 2.05) is 9.80 Å². The highest BCUT2D eigenvalue weighted by atomic mass is 32.2. The topological polar surface area (TPSA) is 70.2 Å². The van der Waals surface area contributed by atoms with Gasteiger partial charge in [0.25, 0.3) is 0 Å². The summed E-state index contributed by atoms with van der Waals surface area (Å²) in [5.41, 5.74) is 0. The van der Waals surface area contributed by atoms with Gasteiger partial charge in [0, 0.05) is 45.2 Å². The van der Waals surface area contributed by atoms with Gasteiger partial charge in [-0.3, -0.25) is 0 Å². The van der Waals surface area contributed by atoms with Crippen molar-refractivity contribution >= 4 is 16.1 Å². The third-order valence-electron chi connectivity index (χ3n) is 4.61. The number of nitrogens with zero attached hydrogens (tertiary/aromatic N) is 3. The molecule has 21 heavy (non-hydrogen) atoms. The van der Waals surface area contributed by atoms with Crippen molar-refractivity contribution in [3.05, 3.63) is 0 Å². The number of sulfonamides is 1. The molecular formula is C13H23N3O4S. The van der Waals surface area contributed by atoms with Gasteiger partial charge in [-0.25, -0.2) is 13.2 Å². The summed E-state index contributed by atoms with van der Waals surface area (Å²) in [6.45, 7) is 4.10. The molecule has 3 aliphatic heterocycles. The molecule has 2 amide bonds. The highest BCUT2D eigenvalue weighted by molar-refractivity contribution is 7.88. The molecule has 0 bridgehead atoms. The van der Waals surface area contributed by atoms with Crippen molar-refractivity contribution in [1.29, 1.82) is 0 Å². The van der Waals surface area contributed by atoms with Gasteiger partial charge in [-0.15, -0.1) is 0 Å². The second kappa shape index (κ2) is 5.73. The Hall–Kier alpha value is -0.860. The first-order chi connectivity index (χ1) is 9.95. The van der Waals surface area contributed by atoms with Crippen molar-refractivity contribution in [2.75, 3.05) is 52.1 Å². The van der Waals surface area contributed by atoms with E-state index in [2.05, 4.69) is 0 Å². The minimum Gasteiger partial charge on any atom is -0.375 e. The van der Waals surface area contributed by atoms with Crippen molar-refractivity contribution < 1.29 is 17.9 Å². The van der Waals surface area contributed by atoms with Gasteiger partial charge in [0.1, 0.15) is 0 Å². The van der Waals surface area contributed by atoms with Crippen LogP contribution in [0.4, 0.5) is 4.79 Å². The first kappa shape index (κ1) is 15.1. The molecule has 0 aliphatic carbocycles. The zero-order valence-corrected chi connectivity index (χ0v) is 13.2. The fourth-order valence-corrected chi connectivity index (χ4v) is 4.30. The molecule has 0 spiro atoms. The lowest BCUT2D eigenvalue weighted by molar-refractivity contribution is 0.0528. The van der Waals surface area contributed by atoms with Crippen LogP contribution < -0.4 is 0 Å². The maximum Gasteiger partial charge on any atom is 0.320 e. The highest BCUT2D eigenvalue weighted by Gasteiger charge is 2.41. The normalized spacial score (nSPS) is 31.3.